The highest BCUT2D eigenvalue weighted by molar-refractivity contribution is 14.0. The van der Waals surface area contributed by atoms with Crippen molar-refractivity contribution in [1.29, 1.82) is 0 Å². The molecular formula is C18H25ClIN5O. The normalized spacial score (nSPS) is 15.0. The van der Waals surface area contributed by atoms with Crippen LogP contribution < -0.4 is 10.2 Å². The fourth-order valence-electron chi connectivity index (χ4n) is 2.95. The first-order valence-electron chi connectivity index (χ1n) is 8.60. The van der Waals surface area contributed by atoms with Crippen LogP contribution in [0.1, 0.15) is 18.4 Å². The molecule has 6 nitrogen and oxygen atoms in total. The number of piperazine rings is 1. The lowest BCUT2D eigenvalue weighted by Gasteiger charge is -2.37. The molecule has 1 saturated heterocycles. The first-order chi connectivity index (χ1) is 12.2. The van der Waals surface area contributed by atoms with Gasteiger partial charge in [0, 0.05) is 50.0 Å². The molecule has 0 amide bonds. The van der Waals surface area contributed by atoms with E-state index >= 15 is 0 Å². The molecule has 8 heteroatoms. The number of halogens is 2. The summed E-state index contributed by atoms with van der Waals surface area (Å²) in [6, 6.07) is 9.99. The Hall–Kier alpha value is -1.48. The van der Waals surface area contributed by atoms with Gasteiger partial charge < -0.3 is 19.6 Å². The molecule has 3 rings (SSSR count). The summed E-state index contributed by atoms with van der Waals surface area (Å²) in [5, 5.41) is 8.15. The van der Waals surface area contributed by atoms with Crippen molar-refractivity contribution in [3.63, 3.8) is 0 Å². The van der Waals surface area contributed by atoms with Crippen molar-refractivity contribution in [2.24, 2.45) is 4.99 Å². The van der Waals surface area contributed by atoms with Gasteiger partial charge in [-0.3, -0.25) is 4.99 Å². The number of benzene rings is 1. The molecule has 0 atom stereocenters. The van der Waals surface area contributed by atoms with Crippen LogP contribution >= 0.6 is 35.6 Å². The van der Waals surface area contributed by atoms with Crippen molar-refractivity contribution in [3.8, 4) is 0 Å². The number of nitrogens with one attached hydrogen (secondary N) is 1. The second-order valence-corrected chi connectivity index (χ2v) is 6.43. The summed E-state index contributed by atoms with van der Waals surface area (Å²) in [5.41, 5.74) is 2.14. The topological polar surface area (TPSA) is 56.9 Å². The SMILES string of the molecule is CCc1cc(CNC(=NC)N2CCN(c3cccc(Cl)c3)CC2)on1.I. The Balaban J connectivity index is 0.00000243. The van der Waals surface area contributed by atoms with Crippen LogP contribution in [0.2, 0.25) is 5.02 Å². The minimum absolute atomic E-state index is 0. The largest absolute Gasteiger partial charge is 0.368 e. The fourth-order valence-corrected chi connectivity index (χ4v) is 3.14. The van der Waals surface area contributed by atoms with E-state index in [1.807, 2.05) is 31.3 Å². The summed E-state index contributed by atoms with van der Waals surface area (Å²) in [6.07, 6.45) is 0.879. The number of aliphatic imine (C=N–C) groups is 1. The van der Waals surface area contributed by atoms with Gasteiger partial charge in [-0.25, -0.2) is 0 Å². The van der Waals surface area contributed by atoms with E-state index in [4.69, 9.17) is 16.1 Å². The number of guanidine groups is 1. The number of aromatic nitrogens is 1. The molecule has 1 aliphatic heterocycles. The molecule has 0 saturated carbocycles. The molecule has 1 aromatic carbocycles. The summed E-state index contributed by atoms with van der Waals surface area (Å²) in [6.45, 7) is 6.33. The predicted molar refractivity (Wildman–Crippen MR) is 117 cm³/mol. The zero-order valence-corrected chi connectivity index (χ0v) is 18.2. The average molecular weight is 490 g/mol. The Kier molecular flexibility index (Phi) is 8.02. The number of nitrogens with zero attached hydrogens (tertiary/aromatic N) is 4. The molecule has 0 bridgehead atoms. The maximum atomic E-state index is 6.10. The summed E-state index contributed by atoms with van der Waals surface area (Å²) in [7, 11) is 1.81. The van der Waals surface area contributed by atoms with Crippen LogP contribution in [0.25, 0.3) is 0 Å². The van der Waals surface area contributed by atoms with Crippen molar-refractivity contribution in [1.82, 2.24) is 15.4 Å². The van der Waals surface area contributed by atoms with Gasteiger partial charge in [-0.15, -0.1) is 24.0 Å². The number of rotatable bonds is 4. The summed E-state index contributed by atoms with van der Waals surface area (Å²) >= 11 is 6.10. The van der Waals surface area contributed by atoms with Gasteiger partial charge in [0.25, 0.3) is 0 Å². The van der Waals surface area contributed by atoms with Gasteiger partial charge in [0.05, 0.1) is 12.2 Å². The van der Waals surface area contributed by atoms with Crippen molar-refractivity contribution in [2.45, 2.75) is 19.9 Å². The Morgan fingerprint density at radius 1 is 1.27 bits per heavy atom. The molecular weight excluding hydrogens is 465 g/mol. The molecule has 0 radical (unpaired) electrons. The van der Waals surface area contributed by atoms with E-state index in [1.165, 1.54) is 5.69 Å². The maximum absolute atomic E-state index is 6.10. The third kappa shape index (κ3) is 5.26. The maximum Gasteiger partial charge on any atom is 0.194 e. The second kappa shape index (κ2) is 10.0. The molecule has 1 N–H and O–H groups in total. The van der Waals surface area contributed by atoms with E-state index in [9.17, 15) is 0 Å². The van der Waals surface area contributed by atoms with Crippen LogP contribution in [0.3, 0.4) is 0 Å². The van der Waals surface area contributed by atoms with Crippen LogP contribution in [0.5, 0.6) is 0 Å². The quantitative estimate of drug-likeness (QED) is 0.405. The van der Waals surface area contributed by atoms with Crippen LogP contribution in [0.4, 0.5) is 5.69 Å². The lowest BCUT2D eigenvalue weighted by atomic mass is 10.2. The number of hydrogen-bond donors (Lipinski definition) is 1. The first-order valence-corrected chi connectivity index (χ1v) is 8.98. The molecule has 1 aromatic heterocycles. The van der Waals surface area contributed by atoms with E-state index in [0.29, 0.717) is 6.54 Å². The van der Waals surface area contributed by atoms with Gasteiger partial charge in [0.1, 0.15) is 0 Å². The van der Waals surface area contributed by atoms with E-state index in [0.717, 1.165) is 55.0 Å². The number of anilines is 1. The summed E-state index contributed by atoms with van der Waals surface area (Å²) in [5.74, 6) is 1.72. The summed E-state index contributed by atoms with van der Waals surface area (Å²) < 4.78 is 5.32. The third-order valence-electron chi connectivity index (χ3n) is 4.36. The monoisotopic (exact) mass is 489 g/mol. The van der Waals surface area contributed by atoms with E-state index in [1.54, 1.807) is 0 Å². The Labute approximate surface area is 176 Å². The summed E-state index contributed by atoms with van der Waals surface area (Å²) in [4.78, 5) is 9.00. The lowest BCUT2D eigenvalue weighted by Crippen LogP contribution is -2.52. The molecule has 0 spiro atoms. The van der Waals surface area contributed by atoms with Crippen LogP contribution in [-0.4, -0.2) is 49.2 Å². The smallest absolute Gasteiger partial charge is 0.194 e. The van der Waals surface area contributed by atoms with Gasteiger partial charge in [-0.05, 0) is 24.6 Å². The van der Waals surface area contributed by atoms with Gasteiger partial charge in [0.2, 0.25) is 0 Å². The minimum Gasteiger partial charge on any atom is -0.368 e. The molecule has 2 aromatic rings. The van der Waals surface area contributed by atoms with E-state index in [2.05, 4.69) is 38.3 Å². The van der Waals surface area contributed by atoms with Crippen molar-refractivity contribution in [3.05, 3.63) is 46.8 Å². The van der Waals surface area contributed by atoms with Gasteiger partial charge >= 0.3 is 0 Å². The van der Waals surface area contributed by atoms with Crippen LogP contribution in [0, 0.1) is 0 Å². The highest BCUT2D eigenvalue weighted by Gasteiger charge is 2.20. The molecule has 1 aliphatic rings. The number of hydrogen-bond acceptors (Lipinski definition) is 4. The molecule has 1 fully saturated rings. The van der Waals surface area contributed by atoms with Crippen LogP contribution in [-0.2, 0) is 13.0 Å². The van der Waals surface area contributed by atoms with Crippen molar-refractivity contribution < 1.29 is 4.52 Å². The molecule has 2 heterocycles. The Bertz CT molecular complexity index is 728. The molecule has 0 aliphatic carbocycles. The lowest BCUT2D eigenvalue weighted by molar-refractivity contribution is 0.356. The fraction of sp³-hybridized carbons (Fsp3) is 0.444. The number of aryl methyl sites for hydroxylation is 1. The Morgan fingerprint density at radius 3 is 2.65 bits per heavy atom. The minimum atomic E-state index is 0. The van der Waals surface area contributed by atoms with E-state index in [-0.39, 0.29) is 24.0 Å². The highest BCUT2D eigenvalue weighted by atomic mass is 127. The standard InChI is InChI=1S/C18H24ClN5O.HI/c1-3-15-12-17(25-22-15)13-21-18(20-2)24-9-7-23(8-10-24)16-6-4-5-14(19)11-16;/h4-6,11-12H,3,7-10,13H2,1-2H3,(H,20,21);1H. The molecule has 142 valence electrons. The molecule has 26 heavy (non-hydrogen) atoms. The van der Waals surface area contributed by atoms with Crippen molar-refractivity contribution >= 4 is 47.2 Å². The first kappa shape index (κ1) is 20.8. The zero-order valence-electron chi connectivity index (χ0n) is 15.1. The Morgan fingerprint density at radius 2 is 2.04 bits per heavy atom. The molecule has 0 unspecified atom stereocenters. The van der Waals surface area contributed by atoms with Crippen LogP contribution in [0.15, 0.2) is 39.8 Å². The third-order valence-corrected chi connectivity index (χ3v) is 4.59. The van der Waals surface area contributed by atoms with Gasteiger partial charge in [-0.1, -0.05) is 29.7 Å². The van der Waals surface area contributed by atoms with E-state index < -0.39 is 0 Å². The predicted octanol–water partition coefficient (Wildman–Crippen LogP) is 3.41. The second-order valence-electron chi connectivity index (χ2n) is 5.99. The van der Waals surface area contributed by atoms with Crippen molar-refractivity contribution in [2.75, 3.05) is 38.1 Å². The highest BCUT2D eigenvalue weighted by Crippen LogP contribution is 2.20. The van der Waals surface area contributed by atoms with Gasteiger partial charge in [-0.2, -0.15) is 0 Å². The average Bonchev–Trinajstić information content (AvgIpc) is 3.11. The van der Waals surface area contributed by atoms with Gasteiger partial charge in [0.15, 0.2) is 11.7 Å². The zero-order chi connectivity index (χ0) is 17.6.